The SMILES string of the molecule is CCCCO[C@]12CC[C@@H](O)[C@H](C#C[C@@H](O[Si](C)(C)C(C)(C)C)C3CCCCC3)[C@H]1CC21OCCO1. The van der Waals surface area contributed by atoms with Crippen LogP contribution in [-0.2, 0) is 18.6 Å². The Hall–Kier alpha value is -0.423. The van der Waals surface area contributed by atoms with Crippen LogP contribution in [0.1, 0.15) is 91.9 Å². The molecule has 0 aromatic heterocycles. The second kappa shape index (κ2) is 10.7. The molecule has 0 amide bonds. The molecule has 200 valence electrons. The number of fused-ring (bicyclic) bond motifs is 2. The Morgan fingerprint density at radius 3 is 2.40 bits per heavy atom. The molecule has 1 spiro atoms. The molecule has 35 heavy (non-hydrogen) atoms. The summed E-state index contributed by atoms with van der Waals surface area (Å²) in [5.41, 5.74) is -0.488. The third-order valence-electron chi connectivity index (χ3n) is 9.70. The topological polar surface area (TPSA) is 57.2 Å². The Labute approximate surface area is 215 Å². The highest BCUT2D eigenvalue weighted by atomic mass is 28.4. The normalized spacial score (nSPS) is 34.1. The molecule has 4 fully saturated rings. The van der Waals surface area contributed by atoms with E-state index < -0.39 is 25.8 Å². The van der Waals surface area contributed by atoms with Gasteiger partial charge in [-0.05, 0) is 56.2 Å². The summed E-state index contributed by atoms with van der Waals surface area (Å²) in [7, 11) is -1.96. The fourth-order valence-electron chi connectivity index (χ4n) is 6.44. The fraction of sp³-hybridized carbons (Fsp3) is 0.931. The molecule has 0 aromatic rings. The lowest BCUT2D eigenvalue weighted by molar-refractivity contribution is -0.387. The van der Waals surface area contributed by atoms with E-state index in [1.165, 1.54) is 32.1 Å². The minimum absolute atomic E-state index is 0.0475. The summed E-state index contributed by atoms with van der Waals surface area (Å²) in [6.45, 7) is 15.7. The molecular formula is C29H50O5Si. The van der Waals surface area contributed by atoms with Crippen LogP contribution >= 0.6 is 0 Å². The van der Waals surface area contributed by atoms with Gasteiger partial charge in [0.2, 0.25) is 0 Å². The van der Waals surface area contributed by atoms with Gasteiger partial charge >= 0.3 is 0 Å². The Kier molecular flexibility index (Phi) is 8.48. The highest BCUT2D eigenvalue weighted by Gasteiger charge is 2.73. The lowest BCUT2D eigenvalue weighted by Crippen LogP contribution is -2.75. The van der Waals surface area contributed by atoms with Crippen molar-refractivity contribution in [1.82, 2.24) is 0 Å². The molecule has 1 N–H and O–H groups in total. The largest absolute Gasteiger partial charge is 0.403 e. The van der Waals surface area contributed by atoms with Crippen molar-refractivity contribution >= 4 is 8.32 Å². The molecule has 0 bridgehead atoms. The number of aliphatic hydroxyl groups excluding tert-OH is 1. The van der Waals surface area contributed by atoms with Gasteiger partial charge in [0.1, 0.15) is 11.7 Å². The Morgan fingerprint density at radius 2 is 1.77 bits per heavy atom. The Balaban J connectivity index is 1.59. The van der Waals surface area contributed by atoms with Gasteiger partial charge in [-0.2, -0.15) is 0 Å². The molecule has 0 radical (unpaired) electrons. The molecule has 1 heterocycles. The third kappa shape index (κ3) is 5.29. The number of hydrogen-bond donors (Lipinski definition) is 1. The van der Waals surface area contributed by atoms with E-state index in [1.807, 2.05) is 0 Å². The van der Waals surface area contributed by atoms with Crippen LogP contribution in [0.2, 0.25) is 18.1 Å². The first kappa shape index (κ1) is 27.6. The molecule has 3 aliphatic carbocycles. The zero-order chi connectivity index (χ0) is 25.3. The van der Waals surface area contributed by atoms with E-state index in [1.54, 1.807) is 0 Å². The quantitative estimate of drug-likeness (QED) is 0.259. The highest BCUT2D eigenvalue weighted by Crippen LogP contribution is 2.62. The molecule has 6 heteroatoms. The van der Waals surface area contributed by atoms with Crippen molar-refractivity contribution in [2.75, 3.05) is 19.8 Å². The Bertz CT molecular complexity index is 768. The molecule has 4 aliphatic rings. The van der Waals surface area contributed by atoms with E-state index in [2.05, 4.69) is 52.6 Å². The lowest BCUT2D eigenvalue weighted by Gasteiger charge is -2.64. The van der Waals surface area contributed by atoms with Crippen molar-refractivity contribution in [2.24, 2.45) is 17.8 Å². The van der Waals surface area contributed by atoms with E-state index in [-0.39, 0.29) is 23.0 Å². The van der Waals surface area contributed by atoms with Crippen molar-refractivity contribution in [3.05, 3.63) is 0 Å². The van der Waals surface area contributed by atoms with Crippen molar-refractivity contribution < 1.29 is 23.7 Å². The van der Waals surface area contributed by atoms with Gasteiger partial charge in [-0.15, -0.1) is 0 Å². The summed E-state index contributed by atoms with van der Waals surface area (Å²) in [5.74, 6) is 7.08. The maximum absolute atomic E-state index is 11.1. The Morgan fingerprint density at radius 1 is 1.09 bits per heavy atom. The van der Waals surface area contributed by atoms with Gasteiger partial charge in [-0.3, -0.25) is 0 Å². The standard InChI is InChI=1S/C29H50O5Si/c1-7-8-18-31-28-17-16-25(30)23(24(28)21-29(28)32-19-20-33-29)14-15-26(22-12-10-9-11-13-22)34-35(5,6)27(2,3)4/h22-26,30H,7-13,16-21H2,1-6H3/t23-,24-,25-,26-,28-/m1/s1. The summed E-state index contributed by atoms with van der Waals surface area (Å²) in [4.78, 5) is 0. The van der Waals surface area contributed by atoms with Gasteiger partial charge in [0.15, 0.2) is 14.1 Å². The fourth-order valence-corrected chi connectivity index (χ4v) is 7.68. The van der Waals surface area contributed by atoms with Crippen molar-refractivity contribution in [3.8, 4) is 11.8 Å². The van der Waals surface area contributed by atoms with Gasteiger partial charge in [-0.25, -0.2) is 0 Å². The second-order valence-corrected chi connectivity index (χ2v) is 17.7. The highest BCUT2D eigenvalue weighted by molar-refractivity contribution is 6.74. The van der Waals surface area contributed by atoms with E-state index in [0.717, 1.165) is 25.7 Å². The molecule has 3 saturated carbocycles. The van der Waals surface area contributed by atoms with E-state index in [9.17, 15) is 5.11 Å². The zero-order valence-electron chi connectivity index (χ0n) is 23.2. The van der Waals surface area contributed by atoms with Crippen LogP contribution in [0.25, 0.3) is 0 Å². The van der Waals surface area contributed by atoms with E-state index >= 15 is 0 Å². The maximum atomic E-state index is 11.1. The van der Waals surface area contributed by atoms with Crippen LogP contribution in [-0.4, -0.2) is 56.8 Å². The summed E-state index contributed by atoms with van der Waals surface area (Å²) < 4.78 is 26.0. The smallest absolute Gasteiger partial charge is 0.198 e. The molecule has 4 rings (SSSR count). The first-order valence-electron chi connectivity index (χ1n) is 14.3. The first-order valence-corrected chi connectivity index (χ1v) is 17.2. The number of unbranched alkanes of at least 4 members (excludes halogenated alkanes) is 1. The van der Waals surface area contributed by atoms with Crippen LogP contribution in [0.5, 0.6) is 0 Å². The average molecular weight is 507 g/mol. The molecule has 0 aromatic carbocycles. The second-order valence-electron chi connectivity index (χ2n) is 13.0. The average Bonchev–Trinajstić information content (AvgIpc) is 3.31. The predicted molar refractivity (Wildman–Crippen MR) is 141 cm³/mol. The van der Waals surface area contributed by atoms with Crippen molar-refractivity contribution in [3.63, 3.8) is 0 Å². The molecule has 1 saturated heterocycles. The van der Waals surface area contributed by atoms with Gasteiger partial charge in [0, 0.05) is 18.9 Å². The van der Waals surface area contributed by atoms with E-state index in [0.29, 0.717) is 32.2 Å². The van der Waals surface area contributed by atoms with Crippen molar-refractivity contribution in [2.45, 2.75) is 134 Å². The van der Waals surface area contributed by atoms with Crippen LogP contribution in [0.4, 0.5) is 0 Å². The van der Waals surface area contributed by atoms with Gasteiger partial charge in [0.05, 0.1) is 25.2 Å². The molecule has 0 unspecified atom stereocenters. The summed E-state index contributed by atoms with van der Waals surface area (Å²) in [5, 5.41) is 11.3. The minimum atomic E-state index is -1.96. The molecule has 5 atom stereocenters. The van der Waals surface area contributed by atoms with Gasteiger partial charge < -0.3 is 23.7 Å². The number of rotatable bonds is 7. The lowest BCUT2D eigenvalue weighted by atomic mass is 9.52. The number of hydrogen-bond acceptors (Lipinski definition) is 5. The molecular weight excluding hydrogens is 456 g/mol. The van der Waals surface area contributed by atoms with Crippen LogP contribution < -0.4 is 0 Å². The zero-order valence-corrected chi connectivity index (χ0v) is 24.2. The third-order valence-corrected chi connectivity index (χ3v) is 14.2. The van der Waals surface area contributed by atoms with Gasteiger partial charge in [0.25, 0.3) is 0 Å². The monoisotopic (exact) mass is 506 g/mol. The first-order chi connectivity index (χ1) is 16.6. The van der Waals surface area contributed by atoms with Crippen molar-refractivity contribution in [1.29, 1.82) is 0 Å². The van der Waals surface area contributed by atoms with Crippen LogP contribution in [0, 0.1) is 29.6 Å². The summed E-state index contributed by atoms with van der Waals surface area (Å²) >= 11 is 0. The van der Waals surface area contributed by atoms with Gasteiger partial charge in [-0.1, -0.05) is 65.2 Å². The molecule has 1 aliphatic heterocycles. The van der Waals surface area contributed by atoms with Crippen LogP contribution in [0.15, 0.2) is 0 Å². The summed E-state index contributed by atoms with van der Waals surface area (Å²) in [6.07, 6.45) is 10.1. The van der Waals surface area contributed by atoms with Crippen LogP contribution in [0.3, 0.4) is 0 Å². The maximum Gasteiger partial charge on any atom is 0.198 e. The molecule has 5 nitrogen and oxygen atoms in total. The predicted octanol–water partition coefficient (Wildman–Crippen LogP) is 6.05. The number of aliphatic hydroxyl groups is 1. The van der Waals surface area contributed by atoms with E-state index in [4.69, 9.17) is 18.6 Å². The number of ether oxygens (including phenoxy) is 3. The minimum Gasteiger partial charge on any atom is -0.403 e. The summed E-state index contributed by atoms with van der Waals surface area (Å²) in [6, 6.07) is 0.